The number of ether oxygens (including phenoxy) is 1. The van der Waals surface area contributed by atoms with Gasteiger partial charge in [0.15, 0.2) is 5.78 Å². The molecule has 2 aromatic heterocycles. The number of carbonyl (C=O) groups excluding carboxylic acids is 1. The van der Waals surface area contributed by atoms with E-state index in [-0.39, 0.29) is 5.78 Å². The minimum atomic E-state index is -0.0748. The number of nitrogens with zero attached hydrogens (tertiary/aromatic N) is 4. The Kier molecular flexibility index (Phi) is 6.05. The van der Waals surface area contributed by atoms with Crippen molar-refractivity contribution < 1.29 is 9.53 Å². The predicted octanol–water partition coefficient (Wildman–Crippen LogP) is 4.20. The molecular weight excluding hydrogens is 376 g/mol. The second-order valence-electron chi connectivity index (χ2n) is 6.69. The van der Waals surface area contributed by atoms with Gasteiger partial charge in [-0.05, 0) is 53.6 Å². The number of pyridine rings is 1. The third kappa shape index (κ3) is 5.26. The van der Waals surface area contributed by atoms with E-state index in [1.54, 1.807) is 47.4 Å². The molecule has 0 bridgehead atoms. The minimum Gasteiger partial charge on any atom is -0.487 e. The quantitative estimate of drug-likeness (QED) is 0.330. The van der Waals surface area contributed by atoms with Gasteiger partial charge in [0.25, 0.3) is 0 Å². The summed E-state index contributed by atoms with van der Waals surface area (Å²) in [5.41, 5.74) is 3.38. The fraction of sp³-hybridized carbons (Fsp3) is 0.0833. The lowest BCUT2D eigenvalue weighted by Crippen LogP contribution is -2.00. The molecule has 0 N–H and O–H groups in total. The van der Waals surface area contributed by atoms with Gasteiger partial charge in [-0.3, -0.25) is 9.78 Å². The Labute approximate surface area is 174 Å². The molecule has 2 aromatic carbocycles. The monoisotopic (exact) mass is 396 g/mol. The van der Waals surface area contributed by atoms with Crippen molar-refractivity contribution in [3.05, 3.63) is 114 Å². The first-order valence-electron chi connectivity index (χ1n) is 9.54. The van der Waals surface area contributed by atoms with E-state index in [1.807, 2.05) is 48.7 Å². The number of rotatable bonds is 8. The average molecular weight is 396 g/mol. The molecule has 2 heterocycles. The van der Waals surface area contributed by atoms with Crippen LogP contribution in [0.25, 0.3) is 6.08 Å². The molecule has 4 aromatic rings. The smallest absolute Gasteiger partial charge is 0.185 e. The van der Waals surface area contributed by atoms with Crippen molar-refractivity contribution in [3.63, 3.8) is 0 Å². The Morgan fingerprint density at radius 1 is 1.00 bits per heavy atom. The number of benzene rings is 2. The Morgan fingerprint density at radius 3 is 2.60 bits per heavy atom. The van der Waals surface area contributed by atoms with Gasteiger partial charge in [0.1, 0.15) is 18.1 Å². The van der Waals surface area contributed by atoms with Crippen LogP contribution in [0.3, 0.4) is 0 Å². The number of hydrogen-bond donors (Lipinski definition) is 0. The molecule has 0 aliphatic carbocycles. The molecule has 0 radical (unpaired) electrons. The number of allylic oxidation sites excluding steroid dienone is 1. The van der Waals surface area contributed by atoms with Gasteiger partial charge in [-0.15, -0.1) is 5.10 Å². The zero-order valence-electron chi connectivity index (χ0n) is 16.3. The summed E-state index contributed by atoms with van der Waals surface area (Å²) in [6, 6.07) is 20.9. The topological polar surface area (TPSA) is 69.9 Å². The maximum atomic E-state index is 12.3. The summed E-state index contributed by atoms with van der Waals surface area (Å²) >= 11 is 0. The van der Waals surface area contributed by atoms with Crippen LogP contribution in [0, 0.1) is 0 Å². The van der Waals surface area contributed by atoms with Gasteiger partial charge < -0.3 is 4.74 Å². The van der Waals surface area contributed by atoms with Crippen LogP contribution in [-0.2, 0) is 13.2 Å². The van der Waals surface area contributed by atoms with E-state index in [1.165, 1.54) is 6.08 Å². The molecule has 0 aliphatic heterocycles. The number of ketones is 1. The Bertz CT molecular complexity index is 1120. The highest BCUT2D eigenvalue weighted by atomic mass is 16.5. The lowest BCUT2D eigenvalue weighted by molar-refractivity contribution is 0.104. The van der Waals surface area contributed by atoms with E-state index in [2.05, 4.69) is 15.3 Å². The molecule has 148 valence electrons. The second-order valence-corrected chi connectivity index (χ2v) is 6.69. The molecular formula is C24H20N4O2. The fourth-order valence-electron chi connectivity index (χ4n) is 2.87. The van der Waals surface area contributed by atoms with E-state index < -0.39 is 0 Å². The summed E-state index contributed by atoms with van der Waals surface area (Å²) in [6.45, 7) is 0.972. The first kappa shape index (κ1) is 19.3. The third-order valence-corrected chi connectivity index (χ3v) is 4.41. The van der Waals surface area contributed by atoms with Crippen LogP contribution < -0.4 is 4.74 Å². The van der Waals surface area contributed by atoms with Crippen molar-refractivity contribution in [2.45, 2.75) is 13.2 Å². The van der Waals surface area contributed by atoms with Crippen molar-refractivity contribution in [1.29, 1.82) is 0 Å². The van der Waals surface area contributed by atoms with Crippen LogP contribution in [0.4, 0.5) is 0 Å². The molecule has 0 spiro atoms. The van der Waals surface area contributed by atoms with Gasteiger partial charge in [0, 0.05) is 18.0 Å². The predicted molar refractivity (Wildman–Crippen MR) is 114 cm³/mol. The summed E-state index contributed by atoms with van der Waals surface area (Å²) in [7, 11) is 0. The van der Waals surface area contributed by atoms with Crippen molar-refractivity contribution in [3.8, 4) is 5.75 Å². The van der Waals surface area contributed by atoms with Crippen LogP contribution in [0.1, 0.15) is 27.2 Å². The highest BCUT2D eigenvalue weighted by molar-refractivity contribution is 6.06. The third-order valence-electron chi connectivity index (χ3n) is 4.41. The van der Waals surface area contributed by atoms with Gasteiger partial charge in [-0.1, -0.05) is 41.6 Å². The van der Waals surface area contributed by atoms with Gasteiger partial charge in [0.05, 0.1) is 12.7 Å². The molecule has 0 amide bonds. The Morgan fingerprint density at radius 2 is 1.83 bits per heavy atom. The van der Waals surface area contributed by atoms with Gasteiger partial charge in [0.2, 0.25) is 0 Å². The van der Waals surface area contributed by atoms with E-state index in [0.29, 0.717) is 24.5 Å². The molecule has 0 saturated carbocycles. The lowest BCUT2D eigenvalue weighted by Gasteiger charge is -2.04. The standard InChI is InChI=1S/C24H20N4O2/c29-24(13-8-19-7-4-14-25-15-19)21-9-11-23(12-10-21)30-18-22-17-28(27-26-22)16-20-5-2-1-3-6-20/h1-15,17H,16,18H2/b13-8+. The van der Waals surface area contributed by atoms with Gasteiger partial charge in [-0.25, -0.2) is 4.68 Å². The van der Waals surface area contributed by atoms with Gasteiger partial charge in [-0.2, -0.15) is 0 Å². The molecule has 4 rings (SSSR count). The van der Waals surface area contributed by atoms with E-state index >= 15 is 0 Å². The maximum absolute atomic E-state index is 12.3. The first-order chi connectivity index (χ1) is 14.8. The number of hydrogen-bond acceptors (Lipinski definition) is 5. The highest BCUT2D eigenvalue weighted by Crippen LogP contribution is 2.15. The molecule has 0 unspecified atom stereocenters. The zero-order chi connectivity index (χ0) is 20.6. The molecule has 0 atom stereocenters. The van der Waals surface area contributed by atoms with Gasteiger partial charge >= 0.3 is 0 Å². The van der Waals surface area contributed by atoms with Crippen molar-refractivity contribution in [2.75, 3.05) is 0 Å². The normalized spacial score (nSPS) is 10.9. The van der Waals surface area contributed by atoms with Crippen LogP contribution in [-0.4, -0.2) is 25.8 Å². The number of carbonyl (C=O) groups is 1. The summed E-state index contributed by atoms with van der Waals surface area (Å²) < 4.78 is 7.55. The SMILES string of the molecule is O=C(/C=C/c1cccnc1)c1ccc(OCc2cn(Cc3ccccc3)nn2)cc1. The summed E-state index contributed by atoms with van der Waals surface area (Å²) in [4.78, 5) is 16.3. The second kappa shape index (κ2) is 9.43. The van der Waals surface area contributed by atoms with Crippen LogP contribution in [0.2, 0.25) is 0 Å². The van der Waals surface area contributed by atoms with E-state index in [9.17, 15) is 4.79 Å². The molecule has 6 heteroatoms. The zero-order valence-corrected chi connectivity index (χ0v) is 16.3. The molecule has 0 fully saturated rings. The molecule has 0 aliphatic rings. The van der Waals surface area contributed by atoms with Crippen LogP contribution >= 0.6 is 0 Å². The van der Waals surface area contributed by atoms with E-state index in [0.717, 1.165) is 16.8 Å². The average Bonchev–Trinajstić information content (AvgIpc) is 3.25. The highest BCUT2D eigenvalue weighted by Gasteiger charge is 2.05. The van der Waals surface area contributed by atoms with Crippen molar-refractivity contribution in [2.24, 2.45) is 0 Å². The molecule has 0 saturated heterocycles. The Balaban J connectivity index is 1.31. The van der Waals surface area contributed by atoms with Crippen molar-refractivity contribution in [1.82, 2.24) is 20.0 Å². The fourth-order valence-corrected chi connectivity index (χ4v) is 2.87. The number of aromatic nitrogens is 4. The Hall–Kier alpha value is -4.06. The summed E-state index contributed by atoms with van der Waals surface area (Å²) in [5.74, 6) is 0.592. The largest absolute Gasteiger partial charge is 0.487 e. The summed E-state index contributed by atoms with van der Waals surface area (Å²) in [6.07, 6.45) is 8.56. The maximum Gasteiger partial charge on any atom is 0.185 e. The van der Waals surface area contributed by atoms with Crippen LogP contribution in [0.5, 0.6) is 5.75 Å². The van der Waals surface area contributed by atoms with Crippen molar-refractivity contribution >= 4 is 11.9 Å². The summed E-state index contributed by atoms with van der Waals surface area (Å²) in [5, 5.41) is 8.28. The molecule has 30 heavy (non-hydrogen) atoms. The van der Waals surface area contributed by atoms with E-state index in [4.69, 9.17) is 4.74 Å². The lowest BCUT2D eigenvalue weighted by atomic mass is 10.1. The van der Waals surface area contributed by atoms with Crippen LogP contribution in [0.15, 0.2) is 91.4 Å². The minimum absolute atomic E-state index is 0.0748. The molecule has 6 nitrogen and oxygen atoms in total. The first-order valence-corrected chi connectivity index (χ1v) is 9.54.